The highest BCUT2D eigenvalue weighted by Crippen LogP contribution is 2.16. The van der Waals surface area contributed by atoms with Crippen LogP contribution in [0.15, 0.2) is 36.7 Å². The average Bonchev–Trinajstić information content (AvgIpc) is 2.76. The second-order valence-electron chi connectivity index (χ2n) is 4.24. The van der Waals surface area contributed by atoms with E-state index in [1.54, 1.807) is 0 Å². The predicted octanol–water partition coefficient (Wildman–Crippen LogP) is 2.23. The van der Waals surface area contributed by atoms with Crippen LogP contribution in [0.5, 0.6) is 0 Å². The summed E-state index contributed by atoms with van der Waals surface area (Å²) in [6.45, 7) is 4.26. The van der Waals surface area contributed by atoms with Crippen molar-refractivity contribution in [2.45, 2.75) is 25.9 Å². The van der Waals surface area contributed by atoms with E-state index in [0.717, 1.165) is 5.69 Å². The fraction of sp³-hybridized carbons (Fsp3) is 0.385. The van der Waals surface area contributed by atoms with Gasteiger partial charge in [0.2, 0.25) is 0 Å². The van der Waals surface area contributed by atoms with Gasteiger partial charge >= 0.3 is 0 Å². The molecule has 0 radical (unpaired) electrons. The fourth-order valence-electron chi connectivity index (χ4n) is 1.99. The fourth-order valence-corrected chi connectivity index (χ4v) is 1.99. The van der Waals surface area contributed by atoms with E-state index in [2.05, 4.69) is 29.2 Å². The van der Waals surface area contributed by atoms with Crippen LogP contribution < -0.4 is 5.32 Å². The molecule has 0 aliphatic rings. The van der Waals surface area contributed by atoms with Gasteiger partial charge < -0.3 is 5.32 Å². The zero-order valence-electron chi connectivity index (χ0n) is 10.5. The van der Waals surface area contributed by atoms with Crippen LogP contribution in [0.2, 0.25) is 0 Å². The van der Waals surface area contributed by atoms with E-state index in [4.69, 9.17) is 0 Å². The molecule has 90 valence electrons. The molecule has 0 aliphatic carbocycles. The van der Waals surface area contributed by atoms with E-state index in [0.29, 0.717) is 0 Å². The average molecular weight is 230 g/mol. The monoisotopic (exact) mass is 230 g/mol. The standard InChI is InChI=1S/C13H18N4/c1-10(12-6-4-5-8-14-12)16-11(2)13-7-9-15-17(13)3/h4-11,16H,1-3H3. The van der Waals surface area contributed by atoms with Crippen LogP contribution in [0.25, 0.3) is 0 Å². The zero-order chi connectivity index (χ0) is 12.3. The summed E-state index contributed by atoms with van der Waals surface area (Å²) < 4.78 is 1.89. The highest BCUT2D eigenvalue weighted by Gasteiger charge is 2.13. The minimum Gasteiger partial charge on any atom is -0.301 e. The number of aromatic nitrogens is 3. The summed E-state index contributed by atoms with van der Waals surface area (Å²) in [5.41, 5.74) is 2.23. The van der Waals surface area contributed by atoms with Gasteiger partial charge in [-0.15, -0.1) is 0 Å². The Kier molecular flexibility index (Phi) is 3.54. The largest absolute Gasteiger partial charge is 0.301 e. The molecule has 1 N–H and O–H groups in total. The van der Waals surface area contributed by atoms with Crippen molar-refractivity contribution in [3.05, 3.63) is 48.0 Å². The van der Waals surface area contributed by atoms with Crippen LogP contribution in [0.1, 0.15) is 37.3 Å². The highest BCUT2D eigenvalue weighted by atomic mass is 15.3. The predicted molar refractivity (Wildman–Crippen MR) is 67.4 cm³/mol. The molecule has 2 rings (SSSR count). The molecule has 0 spiro atoms. The third-order valence-electron chi connectivity index (χ3n) is 2.93. The van der Waals surface area contributed by atoms with Gasteiger partial charge in [-0.2, -0.15) is 5.10 Å². The molecular weight excluding hydrogens is 212 g/mol. The van der Waals surface area contributed by atoms with Gasteiger partial charge in [0.25, 0.3) is 0 Å². The molecule has 0 saturated carbocycles. The lowest BCUT2D eigenvalue weighted by Crippen LogP contribution is -2.24. The van der Waals surface area contributed by atoms with Gasteiger partial charge in [-0.05, 0) is 32.0 Å². The minimum atomic E-state index is 0.223. The van der Waals surface area contributed by atoms with Gasteiger partial charge in [0, 0.05) is 31.5 Å². The molecule has 0 aromatic carbocycles. The third kappa shape index (κ3) is 2.71. The van der Waals surface area contributed by atoms with Crippen molar-refractivity contribution in [1.82, 2.24) is 20.1 Å². The molecule has 2 heterocycles. The van der Waals surface area contributed by atoms with Crippen LogP contribution in [0.3, 0.4) is 0 Å². The van der Waals surface area contributed by atoms with Crippen molar-refractivity contribution < 1.29 is 0 Å². The lowest BCUT2D eigenvalue weighted by atomic mass is 10.1. The zero-order valence-corrected chi connectivity index (χ0v) is 10.5. The third-order valence-corrected chi connectivity index (χ3v) is 2.93. The summed E-state index contributed by atoms with van der Waals surface area (Å²) in [6, 6.07) is 8.48. The lowest BCUT2D eigenvalue weighted by Gasteiger charge is -2.19. The van der Waals surface area contributed by atoms with Gasteiger partial charge in [-0.25, -0.2) is 0 Å². The van der Waals surface area contributed by atoms with Crippen molar-refractivity contribution in [3.63, 3.8) is 0 Å². The van der Waals surface area contributed by atoms with Gasteiger partial charge in [-0.3, -0.25) is 9.67 Å². The number of rotatable bonds is 4. The van der Waals surface area contributed by atoms with Gasteiger partial charge in [0.1, 0.15) is 0 Å². The topological polar surface area (TPSA) is 42.7 Å². The molecule has 0 saturated heterocycles. The molecule has 4 heteroatoms. The van der Waals surface area contributed by atoms with Crippen molar-refractivity contribution in [2.24, 2.45) is 7.05 Å². The summed E-state index contributed by atoms with van der Waals surface area (Å²) in [4.78, 5) is 4.35. The van der Waals surface area contributed by atoms with E-state index in [9.17, 15) is 0 Å². The van der Waals surface area contributed by atoms with Crippen LogP contribution >= 0.6 is 0 Å². The SMILES string of the molecule is CC(NC(C)c1ccnn1C)c1ccccn1. The van der Waals surface area contributed by atoms with Gasteiger partial charge in [-0.1, -0.05) is 6.07 Å². The van der Waals surface area contributed by atoms with Gasteiger partial charge in [0.05, 0.1) is 11.4 Å². The van der Waals surface area contributed by atoms with Gasteiger partial charge in [0.15, 0.2) is 0 Å². The Labute approximate surface area is 102 Å². The number of hydrogen-bond donors (Lipinski definition) is 1. The smallest absolute Gasteiger partial charge is 0.0570 e. The Balaban J connectivity index is 2.05. The van der Waals surface area contributed by atoms with Crippen LogP contribution in [0, 0.1) is 0 Å². The second kappa shape index (κ2) is 5.10. The summed E-state index contributed by atoms with van der Waals surface area (Å²) in [7, 11) is 1.96. The maximum absolute atomic E-state index is 4.35. The molecule has 0 bridgehead atoms. The maximum Gasteiger partial charge on any atom is 0.0570 e. The molecule has 0 aliphatic heterocycles. The summed E-state index contributed by atoms with van der Waals surface area (Å²) in [5, 5.41) is 7.69. The van der Waals surface area contributed by atoms with Crippen LogP contribution in [-0.4, -0.2) is 14.8 Å². The lowest BCUT2D eigenvalue weighted by molar-refractivity contribution is 0.463. The molecule has 17 heavy (non-hydrogen) atoms. The Morgan fingerprint density at radius 3 is 2.53 bits per heavy atom. The molecule has 0 fully saturated rings. The van der Waals surface area contributed by atoms with Crippen molar-refractivity contribution in [2.75, 3.05) is 0 Å². The van der Waals surface area contributed by atoms with Crippen molar-refractivity contribution in [3.8, 4) is 0 Å². The first kappa shape index (κ1) is 11.8. The molecule has 2 aromatic rings. The molecule has 2 unspecified atom stereocenters. The Bertz CT molecular complexity index is 463. The quantitative estimate of drug-likeness (QED) is 0.875. The number of pyridine rings is 1. The number of nitrogens with zero attached hydrogens (tertiary/aromatic N) is 3. The van der Waals surface area contributed by atoms with E-state index in [-0.39, 0.29) is 12.1 Å². The number of nitrogens with one attached hydrogen (secondary N) is 1. The first-order valence-corrected chi connectivity index (χ1v) is 5.83. The summed E-state index contributed by atoms with van der Waals surface area (Å²) in [5.74, 6) is 0. The summed E-state index contributed by atoms with van der Waals surface area (Å²) in [6.07, 6.45) is 3.64. The van der Waals surface area contributed by atoms with Crippen molar-refractivity contribution >= 4 is 0 Å². The number of aryl methyl sites for hydroxylation is 1. The highest BCUT2D eigenvalue weighted by molar-refractivity contribution is 5.10. The molecule has 2 atom stereocenters. The summed E-state index contributed by atoms with van der Waals surface area (Å²) >= 11 is 0. The van der Waals surface area contributed by atoms with E-state index >= 15 is 0 Å². The molecule has 2 aromatic heterocycles. The van der Waals surface area contributed by atoms with E-state index < -0.39 is 0 Å². The van der Waals surface area contributed by atoms with Crippen LogP contribution in [0.4, 0.5) is 0 Å². The van der Waals surface area contributed by atoms with Crippen molar-refractivity contribution in [1.29, 1.82) is 0 Å². The Morgan fingerprint density at radius 2 is 1.94 bits per heavy atom. The normalized spacial score (nSPS) is 14.5. The van der Waals surface area contributed by atoms with E-state index in [1.165, 1.54) is 5.69 Å². The maximum atomic E-state index is 4.35. The van der Waals surface area contributed by atoms with Crippen LogP contribution in [-0.2, 0) is 7.05 Å². The first-order chi connectivity index (χ1) is 8.18. The Morgan fingerprint density at radius 1 is 1.12 bits per heavy atom. The second-order valence-corrected chi connectivity index (χ2v) is 4.24. The molecular formula is C13H18N4. The molecule has 0 amide bonds. The molecule has 4 nitrogen and oxygen atoms in total. The number of hydrogen-bond acceptors (Lipinski definition) is 3. The minimum absolute atomic E-state index is 0.223. The Hall–Kier alpha value is -1.68. The first-order valence-electron chi connectivity index (χ1n) is 5.83. The van der Waals surface area contributed by atoms with E-state index in [1.807, 2.05) is 48.4 Å².